The number of nitrogens with two attached hydrogens (primary N) is 1. The van der Waals surface area contributed by atoms with E-state index in [1.54, 1.807) is 0 Å². The van der Waals surface area contributed by atoms with E-state index in [0.29, 0.717) is 11.7 Å². The number of aliphatic hydroxyl groups is 1. The molecule has 5 nitrogen and oxygen atoms in total. The third-order valence-corrected chi connectivity index (χ3v) is 2.19. The molecule has 0 spiro atoms. The van der Waals surface area contributed by atoms with E-state index in [1.807, 2.05) is 13.0 Å². The maximum atomic E-state index is 8.62. The first-order valence-electron chi connectivity index (χ1n) is 3.82. The summed E-state index contributed by atoms with van der Waals surface area (Å²) >= 11 is 1.47. The fraction of sp³-hybridized carbons (Fsp3) is 0.429. The molecule has 1 heterocycles. The number of nitrogen functional groups attached to an aromatic ring is 1. The van der Waals surface area contributed by atoms with Crippen molar-refractivity contribution in [3.63, 3.8) is 0 Å². The smallest absolute Gasteiger partial charge is 0.238 e. The van der Waals surface area contributed by atoms with Crippen molar-refractivity contribution in [3.8, 4) is 0 Å². The number of hydrogen-bond acceptors (Lipinski definition) is 6. The van der Waals surface area contributed by atoms with E-state index in [9.17, 15) is 0 Å². The van der Waals surface area contributed by atoms with Gasteiger partial charge in [-0.2, -0.15) is 0 Å². The van der Waals surface area contributed by atoms with Crippen molar-refractivity contribution < 1.29 is 5.11 Å². The lowest BCUT2D eigenvalue weighted by Gasteiger charge is -2.03. The summed E-state index contributed by atoms with van der Waals surface area (Å²) in [7, 11) is 0. The zero-order chi connectivity index (χ0) is 9.68. The molecule has 0 bridgehead atoms. The van der Waals surface area contributed by atoms with Gasteiger partial charge in [-0.15, -0.1) is 11.8 Å². The van der Waals surface area contributed by atoms with Gasteiger partial charge in [0.15, 0.2) is 0 Å². The molecule has 0 aliphatic carbocycles. The van der Waals surface area contributed by atoms with Crippen molar-refractivity contribution in [1.29, 1.82) is 0 Å². The molecule has 1 aromatic rings. The quantitative estimate of drug-likeness (QED) is 0.278. The van der Waals surface area contributed by atoms with Crippen molar-refractivity contribution in [3.05, 3.63) is 11.8 Å². The molecule has 0 aliphatic heterocycles. The van der Waals surface area contributed by atoms with Gasteiger partial charge in [0, 0.05) is 11.4 Å². The predicted octanol–water partition coefficient (Wildman–Crippen LogP) is 0.155. The summed E-state index contributed by atoms with van der Waals surface area (Å²) in [5, 5.41) is 9.43. The maximum Gasteiger partial charge on any atom is 0.238 e. The molecule has 0 saturated carbocycles. The van der Waals surface area contributed by atoms with Gasteiger partial charge in [-0.1, -0.05) is 0 Å². The van der Waals surface area contributed by atoms with Gasteiger partial charge >= 0.3 is 0 Å². The molecular formula is C7H12N4OS. The summed E-state index contributed by atoms with van der Waals surface area (Å²) in [5.74, 6) is 6.21. The average molecular weight is 200 g/mol. The third-order valence-electron chi connectivity index (χ3n) is 1.30. The Morgan fingerprint density at radius 1 is 1.62 bits per heavy atom. The number of nitrogens with zero attached hydrogens (tertiary/aromatic N) is 2. The molecule has 0 amide bonds. The topological polar surface area (TPSA) is 84.1 Å². The molecule has 0 atom stereocenters. The third kappa shape index (κ3) is 3.17. The van der Waals surface area contributed by atoms with Gasteiger partial charge in [-0.25, -0.2) is 15.8 Å². The number of aromatic nitrogens is 2. The first-order valence-corrected chi connectivity index (χ1v) is 4.81. The van der Waals surface area contributed by atoms with Crippen LogP contribution in [0.25, 0.3) is 0 Å². The van der Waals surface area contributed by atoms with Crippen LogP contribution < -0.4 is 11.3 Å². The highest BCUT2D eigenvalue weighted by atomic mass is 32.2. The second-order valence-electron chi connectivity index (χ2n) is 2.39. The number of hydrazine groups is 1. The van der Waals surface area contributed by atoms with Gasteiger partial charge < -0.3 is 5.11 Å². The van der Waals surface area contributed by atoms with Gasteiger partial charge in [-0.3, -0.25) is 5.43 Å². The molecule has 6 heteroatoms. The Kier molecular flexibility index (Phi) is 3.94. The molecule has 1 rings (SSSR count). The molecule has 0 fully saturated rings. The van der Waals surface area contributed by atoms with Crippen molar-refractivity contribution in [1.82, 2.24) is 9.97 Å². The Morgan fingerprint density at radius 3 is 3.00 bits per heavy atom. The fourth-order valence-electron chi connectivity index (χ4n) is 0.828. The van der Waals surface area contributed by atoms with Gasteiger partial charge in [0.05, 0.1) is 6.61 Å². The maximum absolute atomic E-state index is 8.62. The minimum atomic E-state index is 0.138. The number of thioether (sulfide) groups is 1. The Balaban J connectivity index is 2.76. The van der Waals surface area contributed by atoms with Gasteiger partial charge in [0.1, 0.15) is 5.03 Å². The normalized spacial score (nSPS) is 10.1. The summed E-state index contributed by atoms with van der Waals surface area (Å²) in [5.41, 5.74) is 3.24. The second-order valence-corrected chi connectivity index (χ2v) is 3.50. The average Bonchev–Trinajstić information content (AvgIpc) is 2.14. The van der Waals surface area contributed by atoms with E-state index < -0.39 is 0 Å². The zero-order valence-corrected chi connectivity index (χ0v) is 8.14. The molecule has 4 N–H and O–H groups in total. The van der Waals surface area contributed by atoms with E-state index in [1.165, 1.54) is 11.8 Å². The van der Waals surface area contributed by atoms with Crippen molar-refractivity contribution in [2.75, 3.05) is 17.8 Å². The van der Waals surface area contributed by atoms with Crippen LogP contribution in [0.4, 0.5) is 5.95 Å². The summed E-state index contributed by atoms with van der Waals surface area (Å²) in [4.78, 5) is 8.13. The minimum absolute atomic E-state index is 0.138. The minimum Gasteiger partial charge on any atom is -0.396 e. The van der Waals surface area contributed by atoms with Crippen LogP contribution >= 0.6 is 11.8 Å². The SMILES string of the molecule is Cc1cc(SCCO)nc(NN)n1. The van der Waals surface area contributed by atoms with Crippen LogP contribution in [0.15, 0.2) is 11.1 Å². The molecule has 72 valence electrons. The number of aliphatic hydroxyl groups excluding tert-OH is 1. The summed E-state index contributed by atoms with van der Waals surface area (Å²) in [6.45, 7) is 2.00. The monoisotopic (exact) mass is 200 g/mol. The Labute approximate surface area is 80.7 Å². The van der Waals surface area contributed by atoms with E-state index >= 15 is 0 Å². The molecule has 13 heavy (non-hydrogen) atoms. The lowest BCUT2D eigenvalue weighted by Crippen LogP contribution is -2.11. The standard InChI is InChI=1S/C7H12N4OS/c1-5-4-6(13-3-2-12)10-7(9-5)11-8/h4,12H,2-3,8H2,1H3,(H,9,10,11). The second kappa shape index (κ2) is 5.00. The first-order chi connectivity index (χ1) is 6.26. The molecule has 0 radical (unpaired) electrons. The molecular weight excluding hydrogens is 188 g/mol. The molecule has 0 aromatic carbocycles. The summed E-state index contributed by atoms with van der Waals surface area (Å²) in [6, 6.07) is 1.85. The number of rotatable bonds is 4. The van der Waals surface area contributed by atoms with E-state index in [-0.39, 0.29) is 6.61 Å². The largest absolute Gasteiger partial charge is 0.396 e. The number of aryl methyl sites for hydroxylation is 1. The number of nitrogens with one attached hydrogen (secondary N) is 1. The van der Waals surface area contributed by atoms with Crippen LogP contribution in [0.2, 0.25) is 0 Å². The fourth-order valence-corrected chi connectivity index (χ4v) is 1.53. The Hall–Kier alpha value is -0.850. The van der Waals surface area contributed by atoms with Crippen LogP contribution in [-0.4, -0.2) is 27.4 Å². The highest BCUT2D eigenvalue weighted by Gasteiger charge is 2.00. The number of anilines is 1. The van der Waals surface area contributed by atoms with E-state index in [0.717, 1.165) is 10.7 Å². The van der Waals surface area contributed by atoms with Crippen molar-refractivity contribution in [2.24, 2.45) is 5.84 Å². The van der Waals surface area contributed by atoms with Crippen molar-refractivity contribution in [2.45, 2.75) is 11.9 Å². The summed E-state index contributed by atoms with van der Waals surface area (Å²) in [6.07, 6.45) is 0. The van der Waals surface area contributed by atoms with Crippen LogP contribution in [0.3, 0.4) is 0 Å². The number of hydrogen-bond donors (Lipinski definition) is 3. The highest BCUT2D eigenvalue weighted by molar-refractivity contribution is 7.99. The first kappa shape index (κ1) is 10.2. The molecule has 1 aromatic heterocycles. The van der Waals surface area contributed by atoms with Gasteiger partial charge in [-0.05, 0) is 13.0 Å². The van der Waals surface area contributed by atoms with E-state index in [2.05, 4.69) is 15.4 Å². The van der Waals surface area contributed by atoms with Crippen LogP contribution in [0.1, 0.15) is 5.69 Å². The van der Waals surface area contributed by atoms with E-state index in [4.69, 9.17) is 10.9 Å². The highest BCUT2D eigenvalue weighted by Crippen LogP contribution is 2.16. The van der Waals surface area contributed by atoms with Crippen LogP contribution in [0, 0.1) is 6.92 Å². The Bertz CT molecular complexity index is 281. The molecule has 0 saturated heterocycles. The van der Waals surface area contributed by atoms with Gasteiger partial charge in [0.2, 0.25) is 5.95 Å². The summed E-state index contributed by atoms with van der Waals surface area (Å²) < 4.78 is 0. The lowest BCUT2D eigenvalue weighted by atomic mass is 10.5. The predicted molar refractivity (Wildman–Crippen MR) is 52.4 cm³/mol. The van der Waals surface area contributed by atoms with Crippen LogP contribution in [0.5, 0.6) is 0 Å². The van der Waals surface area contributed by atoms with Gasteiger partial charge in [0.25, 0.3) is 0 Å². The van der Waals surface area contributed by atoms with Crippen molar-refractivity contribution >= 4 is 17.7 Å². The Morgan fingerprint density at radius 2 is 2.38 bits per heavy atom. The molecule has 0 aliphatic rings. The lowest BCUT2D eigenvalue weighted by molar-refractivity contribution is 0.322. The molecule has 0 unspecified atom stereocenters. The van der Waals surface area contributed by atoms with Crippen LogP contribution in [-0.2, 0) is 0 Å². The zero-order valence-electron chi connectivity index (χ0n) is 7.32.